The molecule has 0 aliphatic carbocycles. The zero-order chi connectivity index (χ0) is 11.0. The summed E-state index contributed by atoms with van der Waals surface area (Å²) in [4.78, 5) is 0. The third-order valence-corrected chi connectivity index (χ3v) is 3.27. The van der Waals surface area contributed by atoms with Crippen LogP contribution in [-0.4, -0.2) is 17.8 Å². The second-order valence-electron chi connectivity index (χ2n) is 4.52. The van der Waals surface area contributed by atoms with Crippen molar-refractivity contribution in [3.05, 3.63) is 30.5 Å². The van der Waals surface area contributed by atoms with E-state index >= 15 is 0 Å². The van der Waals surface area contributed by atoms with Crippen molar-refractivity contribution >= 4 is 16.6 Å². The largest absolute Gasteiger partial charge is 0.399 e. The van der Waals surface area contributed by atoms with Gasteiger partial charge in [0.05, 0.1) is 6.61 Å². The van der Waals surface area contributed by atoms with Crippen molar-refractivity contribution in [1.82, 2.24) is 4.57 Å². The third kappa shape index (κ3) is 1.67. The zero-order valence-electron chi connectivity index (χ0n) is 9.23. The van der Waals surface area contributed by atoms with Crippen molar-refractivity contribution in [2.45, 2.75) is 13.0 Å². The normalized spacial score (nSPS) is 20.6. The Bertz CT molecular complexity index is 498. The van der Waals surface area contributed by atoms with Gasteiger partial charge in [-0.1, -0.05) is 0 Å². The molecule has 2 N–H and O–H groups in total. The second kappa shape index (κ2) is 3.83. The van der Waals surface area contributed by atoms with Crippen LogP contribution in [0.3, 0.4) is 0 Å². The Kier molecular flexibility index (Phi) is 2.33. The highest BCUT2D eigenvalue weighted by Gasteiger charge is 2.16. The number of anilines is 1. The number of nitrogen functional groups attached to an aromatic ring is 1. The van der Waals surface area contributed by atoms with E-state index < -0.39 is 0 Å². The van der Waals surface area contributed by atoms with Gasteiger partial charge in [0.25, 0.3) is 0 Å². The van der Waals surface area contributed by atoms with Crippen LogP contribution in [-0.2, 0) is 11.3 Å². The molecule has 1 aliphatic rings. The summed E-state index contributed by atoms with van der Waals surface area (Å²) in [5.41, 5.74) is 7.86. The van der Waals surface area contributed by atoms with Gasteiger partial charge in [0, 0.05) is 41.9 Å². The van der Waals surface area contributed by atoms with E-state index in [2.05, 4.69) is 22.9 Å². The van der Waals surface area contributed by atoms with Crippen LogP contribution < -0.4 is 5.73 Å². The number of fused-ring (bicyclic) bond motifs is 1. The highest BCUT2D eigenvalue weighted by Crippen LogP contribution is 2.22. The lowest BCUT2D eigenvalue weighted by Gasteiger charge is -2.10. The number of nitrogens with zero attached hydrogens (tertiary/aromatic N) is 1. The Balaban J connectivity index is 1.91. The lowest BCUT2D eigenvalue weighted by atomic mass is 10.1. The molecule has 0 radical (unpaired) electrons. The van der Waals surface area contributed by atoms with Crippen molar-refractivity contribution in [2.75, 3.05) is 18.9 Å². The van der Waals surface area contributed by atoms with Gasteiger partial charge >= 0.3 is 0 Å². The van der Waals surface area contributed by atoms with Crippen molar-refractivity contribution in [3.63, 3.8) is 0 Å². The summed E-state index contributed by atoms with van der Waals surface area (Å²) in [5, 5.41) is 1.22. The Morgan fingerprint density at radius 1 is 1.38 bits per heavy atom. The Morgan fingerprint density at radius 2 is 2.31 bits per heavy atom. The summed E-state index contributed by atoms with van der Waals surface area (Å²) >= 11 is 0. The van der Waals surface area contributed by atoms with E-state index in [-0.39, 0.29) is 0 Å². The van der Waals surface area contributed by atoms with Crippen LogP contribution in [0, 0.1) is 5.92 Å². The first-order valence-corrected chi connectivity index (χ1v) is 5.75. The molecule has 1 aromatic heterocycles. The molecule has 1 saturated heterocycles. The molecule has 16 heavy (non-hydrogen) atoms. The molecule has 3 heteroatoms. The molecular formula is C13H16N2O. The maximum absolute atomic E-state index is 5.77. The van der Waals surface area contributed by atoms with Crippen LogP contribution in [0.15, 0.2) is 30.5 Å². The number of rotatable bonds is 2. The maximum Gasteiger partial charge on any atom is 0.0512 e. The molecule has 1 unspecified atom stereocenters. The molecular weight excluding hydrogens is 200 g/mol. The minimum absolute atomic E-state index is 0.660. The summed E-state index contributed by atoms with van der Waals surface area (Å²) < 4.78 is 7.70. The van der Waals surface area contributed by atoms with Crippen LogP contribution >= 0.6 is 0 Å². The molecule has 3 nitrogen and oxygen atoms in total. The van der Waals surface area contributed by atoms with Gasteiger partial charge in [-0.3, -0.25) is 0 Å². The predicted molar refractivity (Wildman–Crippen MR) is 65.3 cm³/mol. The molecule has 2 aromatic rings. The number of ether oxygens (including phenoxy) is 1. The van der Waals surface area contributed by atoms with Gasteiger partial charge in [-0.25, -0.2) is 0 Å². The minimum atomic E-state index is 0.660. The number of benzene rings is 1. The lowest BCUT2D eigenvalue weighted by molar-refractivity contribution is 0.183. The van der Waals surface area contributed by atoms with E-state index in [9.17, 15) is 0 Å². The zero-order valence-corrected chi connectivity index (χ0v) is 9.23. The van der Waals surface area contributed by atoms with Gasteiger partial charge in [0.1, 0.15) is 0 Å². The summed E-state index contributed by atoms with van der Waals surface area (Å²) in [6, 6.07) is 8.21. The van der Waals surface area contributed by atoms with Crippen LogP contribution in [0.2, 0.25) is 0 Å². The first-order valence-electron chi connectivity index (χ1n) is 5.75. The monoisotopic (exact) mass is 216 g/mol. The van der Waals surface area contributed by atoms with Crippen molar-refractivity contribution < 1.29 is 4.74 Å². The summed E-state index contributed by atoms with van der Waals surface area (Å²) in [5.74, 6) is 0.660. The maximum atomic E-state index is 5.77. The SMILES string of the molecule is Nc1ccc2c(ccn2CC2CCOC2)c1. The third-order valence-electron chi connectivity index (χ3n) is 3.27. The van der Waals surface area contributed by atoms with Crippen LogP contribution in [0.5, 0.6) is 0 Å². The molecule has 1 aliphatic heterocycles. The highest BCUT2D eigenvalue weighted by atomic mass is 16.5. The lowest BCUT2D eigenvalue weighted by Crippen LogP contribution is -2.09. The van der Waals surface area contributed by atoms with Crippen molar-refractivity contribution in [1.29, 1.82) is 0 Å². The quantitative estimate of drug-likeness (QED) is 0.782. The summed E-state index contributed by atoms with van der Waals surface area (Å²) in [7, 11) is 0. The highest BCUT2D eigenvalue weighted by molar-refractivity contribution is 5.83. The minimum Gasteiger partial charge on any atom is -0.399 e. The van der Waals surface area contributed by atoms with E-state index in [1.807, 2.05) is 12.1 Å². The molecule has 3 rings (SSSR count). The van der Waals surface area contributed by atoms with Crippen molar-refractivity contribution in [2.24, 2.45) is 5.92 Å². The molecule has 0 amide bonds. The molecule has 84 valence electrons. The van der Waals surface area contributed by atoms with Gasteiger partial charge in [-0.05, 0) is 30.7 Å². The van der Waals surface area contributed by atoms with Gasteiger partial charge in [0.2, 0.25) is 0 Å². The fourth-order valence-electron chi connectivity index (χ4n) is 2.38. The Morgan fingerprint density at radius 3 is 3.12 bits per heavy atom. The number of nitrogens with two attached hydrogens (primary N) is 1. The van der Waals surface area contributed by atoms with Gasteiger partial charge in [0.15, 0.2) is 0 Å². The summed E-state index contributed by atoms with van der Waals surface area (Å²) in [6.07, 6.45) is 3.32. The number of hydrogen-bond donors (Lipinski definition) is 1. The Labute approximate surface area is 94.8 Å². The van der Waals surface area contributed by atoms with Crippen LogP contribution in [0.4, 0.5) is 5.69 Å². The average molecular weight is 216 g/mol. The predicted octanol–water partition coefficient (Wildman–Crippen LogP) is 2.26. The smallest absolute Gasteiger partial charge is 0.0512 e. The fourth-order valence-corrected chi connectivity index (χ4v) is 2.38. The molecule has 0 spiro atoms. The molecule has 1 aromatic carbocycles. The van der Waals surface area contributed by atoms with E-state index in [1.54, 1.807) is 0 Å². The van der Waals surface area contributed by atoms with Crippen LogP contribution in [0.25, 0.3) is 10.9 Å². The van der Waals surface area contributed by atoms with Crippen LogP contribution in [0.1, 0.15) is 6.42 Å². The first-order chi connectivity index (χ1) is 7.83. The van der Waals surface area contributed by atoms with E-state index in [0.29, 0.717) is 5.92 Å². The molecule has 1 atom stereocenters. The number of aromatic nitrogens is 1. The second-order valence-corrected chi connectivity index (χ2v) is 4.52. The van der Waals surface area contributed by atoms with Crippen molar-refractivity contribution in [3.8, 4) is 0 Å². The molecule has 0 saturated carbocycles. The van der Waals surface area contributed by atoms with E-state index in [4.69, 9.17) is 10.5 Å². The van der Waals surface area contributed by atoms with Gasteiger partial charge in [-0.2, -0.15) is 0 Å². The summed E-state index contributed by atoms with van der Waals surface area (Å²) in [6.45, 7) is 2.86. The Hall–Kier alpha value is -1.48. The van der Waals surface area contributed by atoms with Gasteiger partial charge in [-0.15, -0.1) is 0 Å². The fraction of sp³-hybridized carbons (Fsp3) is 0.385. The topological polar surface area (TPSA) is 40.2 Å². The van der Waals surface area contributed by atoms with Gasteiger partial charge < -0.3 is 15.0 Å². The first kappa shape index (κ1) is 9.73. The number of hydrogen-bond acceptors (Lipinski definition) is 2. The molecule has 0 bridgehead atoms. The van der Waals surface area contributed by atoms with E-state index in [0.717, 1.165) is 25.4 Å². The standard InChI is InChI=1S/C13H16N2O/c14-12-1-2-13-11(7-12)3-5-15(13)8-10-4-6-16-9-10/h1-3,5,7,10H,4,6,8-9,14H2. The molecule has 1 fully saturated rings. The van der Waals surface area contributed by atoms with E-state index in [1.165, 1.54) is 17.3 Å². The molecule has 2 heterocycles. The average Bonchev–Trinajstić information content (AvgIpc) is 2.89.